The van der Waals surface area contributed by atoms with Crippen LogP contribution in [0.25, 0.3) is 16.9 Å². The predicted molar refractivity (Wildman–Crippen MR) is 180 cm³/mol. The van der Waals surface area contributed by atoms with Gasteiger partial charge in [-0.15, -0.1) is 5.01 Å². The summed E-state index contributed by atoms with van der Waals surface area (Å²) in [7, 11) is -3.16. The van der Waals surface area contributed by atoms with Crippen molar-refractivity contribution in [3.63, 3.8) is 0 Å². The van der Waals surface area contributed by atoms with Crippen molar-refractivity contribution in [3.8, 4) is 16.9 Å². The number of hydrogen-bond donors (Lipinski definition) is 1. The Hall–Kier alpha value is -6.31. The molecule has 0 spiro atoms. The number of imide groups is 1. The highest BCUT2D eigenvalue weighted by molar-refractivity contribution is 7.90. The number of rotatable bonds is 14. The molecule has 0 saturated heterocycles. The molecule has 2 heterocycles. The summed E-state index contributed by atoms with van der Waals surface area (Å²) in [5.41, 5.74) is 0.811. The van der Waals surface area contributed by atoms with E-state index in [0.29, 0.717) is 5.56 Å². The van der Waals surface area contributed by atoms with Crippen LogP contribution in [0.2, 0.25) is 0 Å². The summed E-state index contributed by atoms with van der Waals surface area (Å²) >= 11 is 0. The number of fused-ring (bicyclic) bond motifs is 1. The number of sulfonamides is 1. The maximum Gasteiger partial charge on any atom is 0.435 e. The van der Waals surface area contributed by atoms with Crippen molar-refractivity contribution >= 4 is 33.7 Å². The van der Waals surface area contributed by atoms with Gasteiger partial charge < -0.3 is 14.8 Å². The number of alkyl halides is 3. The molecule has 0 radical (unpaired) electrons. The Kier molecular flexibility index (Phi) is 11.3. The van der Waals surface area contributed by atoms with Crippen LogP contribution in [0, 0.1) is 12.1 Å². The van der Waals surface area contributed by atoms with Gasteiger partial charge in [-0.1, -0.05) is 42.0 Å². The Morgan fingerprint density at radius 1 is 1.00 bits per heavy atom. The minimum Gasteiger partial charge on any atom is -0.569 e. The molecule has 1 aliphatic rings. The Labute approximate surface area is 305 Å². The Bertz CT molecular complexity index is 2170. The number of nitrogens with one attached hydrogen (secondary N) is 1. The van der Waals surface area contributed by atoms with E-state index in [2.05, 4.69) is 10.4 Å². The maximum atomic E-state index is 13.5. The van der Waals surface area contributed by atoms with Gasteiger partial charge in [0.15, 0.2) is 5.69 Å². The van der Waals surface area contributed by atoms with Crippen LogP contribution >= 0.6 is 0 Å². The van der Waals surface area contributed by atoms with Gasteiger partial charge in [-0.25, -0.2) is 22.7 Å². The molecule has 3 aromatic carbocycles. The van der Waals surface area contributed by atoms with Gasteiger partial charge >= 0.3 is 12.1 Å². The zero-order valence-electron chi connectivity index (χ0n) is 28.8. The minimum atomic E-state index is -4.74. The third-order valence-electron chi connectivity index (χ3n) is 7.97. The molecule has 1 aromatic heterocycles. The molecular weight excluding hydrogens is 739 g/mol. The van der Waals surface area contributed by atoms with Crippen molar-refractivity contribution in [2.24, 2.45) is 5.28 Å². The highest BCUT2D eigenvalue weighted by Crippen LogP contribution is 2.33. The van der Waals surface area contributed by atoms with E-state index in [1.165, 1.54) is 38.2 Å². The van der Waals surface area contributed by atoms with Gasteiger partial charge in [0.1, 0.15) is 13.2 Å². The molecule has 4 aromatic rings. The molecule has 0 bridgehead atoms. The van der Waals surface area contributed by atoms with Crippen molar-refractivity contribution in [2.75, 3.05) is 20.2 Å². The molecule has 0 aliphatic carbocycles. The van der Waals surface area contributed by atoms with E-state index in [0.717, 1.165) is 38.4 Å². The fourth-order valence-electron chi connectivity index (χ4n) is 5.09. The van der Waals surface area contributed by atoms with E-state index in [-0.39, 0.29) is 45.5 Å². The average molecular weight is 772 g/mol. The number of carbonyl (C=O) groups excluding carboxylic acids is 4. The zero-order chi connectivity index (χ0) is 39.4. The molecule has 1 unspecified atom stereocenters. The third kappa shape index (κ3) is 8.82. The van der Waals surface area contributed by atoms with E-state index < -0.39 is 64.7 Å². The van der Waals surface area contributed by atoms with E-state index in [9.17, 15) is 46.0 Å². The van der Waals surface area contributed by atoms with Crippen LogP contribution in [0.5, 0.6) is 0 Å². The number of amides is 3. The lowest BCUT2D eigenvalue weighted by Gasteiger charge is -2.19. The lowest BCUT2D eigenvalue weighted by Crippen LogP contribution is -2.39. The highest BCUT2D eigenvalue weighted by atomic mass is 32.2. The SMILES string of the molecule is Cc1ccc(-c2cc(C(F)(F)F)nn2-c2ccc(S(=O)(=O)NC(=O)CCC(=O)OCCN(C)/[N+]([O-])=N\OC(C)N3C(=O)c4ccccc4C3=O)cc2)cc1. The topological polar surface area (TPSA) is 196 Å². The first-order chi connectivity index (χ1) is 25.5. The van der Waals surface area contributed by atoms with E-state index in [4.69, 9.17) is 9.57 Å². The van der Waals surface area contributed by atoms with E-state index in [1.807, 2.05) is 11.6 Å². The molecule has 16 nitrogen and oxygen atoms in total. The van der Waals surface area contributed by atoms with Gasteiger partial charge in [0.2, 0.25) is 17.4 Å². The van der Waals surface area contributed by atoms with Crippen molar-refractivity contribution in [1.82, 2.24) is 24.4 Å². The van der Waals surface area contributed by atoms with Crippen LogP contribution in [0.15, 0.2) is 89.0 Å². The number of hydrazine groups is 1. The number of halogens is 3. The summed E-state index contributed by atoms with van der Waals surface area (Å²) < 4.78 is 74.1. The van der Waals surface area contributed by atoms with Crippen LogP contribution in [0.4, 0.5) is 13.2 Å². The molecule has 20 heteroatoms. The van der Waals surface area contributed by atoms with Gasteiger partial charge in [0.05, 0.1) is 45.8 Å². The van der Waals surface area contributed by atoms with Crippen molar-refractivity contribution in [2.45, 2.75) is 44.0 Å². The van der Waals surface area contributed by atoms with Gasteiger partial charge in [-0.2, -0.15) is 18.3 Å². The minimum absolute atomic E-state index is 0.00509. The second-order valence-electron chi connectivity index (χ2n) is 11.9. The summed E-state index contributed by atoms with van der Waals surface area (Å²) in [6.45, 7) is 2.64. The number of aryl methyl sites for hydroxylation is 1. The molecule has 0 saturated carbocycles. The molecule has 0 fully saturated rings. The molecular formula is C34H32F3N7O9S. The number of benzene rings is 3. The first kappa shape index (κ1) is 38.9. The largest absolute Gasteiger partial charge is 0.569 e. The maximum absolute atomic E-state index is 13.5. The first-order valence-electron chi connectivity index (χ1n) is 16.0. The number of likely N-dealkylation sites (N-methyl/N-ethyl adjacent to an activating group) is 1. The Morgan fingerprint density at radius 2 is 1.61 bits per heavy atom. The van der Waals surface area contributed by atoms with Crippen LogP contribution in [0.3, 0.4) is 0 Å². The molecule has 1 N–H and O–H groups in total. The van der Waals surface area contributed by atoms with Crippen molar-refractivity contribution in [3.05, 3.63) is 106 Å². The zero-order valence-corrected chi connectivity index (χ0v) is 29.6. The van der Waals surface area contributed by atoms with Crippen molar-refractivity contribution < 1.29 is 55.3 Å². The monoisotopic (exact) mass is 771 g/mol. The smallest absolute Gasteiger partial charge is 0.435 e. The number of nitrogens with zero attached hydrogens (tertiary/aromatic N) is 6. The lowest BCUT2D eigenvalue weighted by molar-refractivity contribution is -0.707. The van der Waals surface area contributed by atoms with Crippen LogP contribution in [-0.4, -0.2) is 83.2 Å². The van der Waals surface area contributed by atoms with E-state index in [1.54, 1.807) is 36.4 Å². The first-order valence-corrected chi connectivity index (χ1v) is 17.5. The average Bonchev–Trinajstić information content (AvgIpc) is 3.69. The predicted octanol–water partition coefficient (Wildman–Crippen LogP) is 4.38. The van der Waals surface area contributed by atoms with Gasteiger partial charge in [-0.3, -0.25) is 19.2 Å². The fraction of sp³-hybridized carbons (Fsp3) is 0.265. The molecule has 54 heavy (non-hydrogen) atoms. The Morgan fingerprint density at radius 3 is 2.20 bits per heavy atom. The fourth-order valence-corrected chi connectivity index (χ4v) is 6.11. The quantitative estimate of drug-likeness (QED) is 0.0628. The summed E-state index contributed by atoms with van der Waals surface area (Å²) in [6, 6.07) is 18.4. The summed E-state index contributed by atoms with van der Waals surface area (Å²) in [6.07, 6.45) is -7.05. The van der Waals surface area contributed by atoms with Gasteiger partial charge in [0.25, 0.3) is 21.8 Å². The molecule has 5 rings (SSSR count). The lowest BCUT2D eigenvalue weighted by atomic mass is 10.1. The summed E-state index contributed by atoms with van der Waals surface area (Å²) in [5.74, 6) is -3.13. The van der Waals surface area contributed by atoms with Gasteiger partial charge in [0, 0.05) is 12.0 Å². The standard InChI is InChI=1S/C34H32F3N7O9S/c1-21-8-10-23(11-9-21)28-20-29(34(35,36)37)38-43(28)24-12-14-25(15-13-24)54(50,51)39-30(45)16-17-31(46)52-19-18-41(3)44(49)40-53-22(2)42-32(47)26-6-4-5-7-27(26)33(42)48/h4-15,20,22H,16-19H2,1-3H3,(H,39,45)/b44-40+. The summed E-state index contributed by atoms with van der Waals surface area (Å²) in [4.78, 5) is 55.1. The number of carbonyl (C=O) groups is 4. The third-order valence-corrected chi connectivity index (χ3v) is 9.36. The molecule has 3 amide bonds. The van der Waals surface area contributed by atoms with Crippen LogP contribution in [0.1, 0.15) is 51.7 Å². The van der Waals surface area contributed by atoms with Crippen LogP contribution < -0.4 is 4.72 Å². The number of hydrogen-bond acceptors (Lipinski definition) is 11. The normalized spacial score (nSPS) is 13.7. The van der Waals surface area contributed by atoms with Crippen LogP contribution in [-0.2, 0) is 35.4 Å². The summed E-state index contributed by atoms with van der Waals surface area (Å²) in [5, 5.41) is 20.2. The second-order valence-corrected chi connectivity index (χ2v) is 13.6. The number of ether oxygens (including phenoxy) is 1. The van der Waals surface area contributed by atoms with Crippen molar-refractivity contribution in [1.29, 1.82) is 0 Å². The highest BCUT2D eigenvalue weighted by Gasteiger charge is 2.40. The Balaban J connectivity index is 1.08. The van der Waals surface area contributed by atoms with Gasteiger partial charge in [-0.05, 0) is 56.3 Å². The molecule has 284 valence electrons. The second kappa shape index (κ2) is 15.7. The number of aromatic nitrogens is 2. The van der Waals surface area contributed by atoms with E-state index >= 15 is 0 Å². The molecule has 1 aliphatic heterocycles. The molecule has 1 atom stereocenters. The number of esters is 1.